The topological polar surface area (TPSA) is 18.5 Å². The molecule has 1 fully saturated rings. The van der Waals surface area contributed by atoms with Gasteiger partial charge < -0.3 is 9.47 Å². The molecule has 2 atom stereocenters. The van der Waals surface area contributed by atoms with Crippen molar-refractivity contribution in [1.82, 2.24) is 0 Å². The molecule has 1 aliphatic carbocycles. The van der Waals surface area contributed by atoms with Crippen molar-refractivity contribution in [2.24, 2.45) is 5.92 Å². The van der Waals surface area contributed by atoms with Crippen molar-refractivity contribution in [3.05, 3.63) is 64.1 Å². The molecule has 3 rings (SSSR count). The van der Waals surface area contributed by atoms with Crippen molar-refractivity contribution in [3.8, 4) is 5.75 Å². The van der Waals surface area contributed by atoms with Crippen LogP contribution in [-0.2, 0) is 11.3 Å². The first kappa shape index (κ1) is 18.2. The largest absolute Gasteiger partial charge is 0.435 e. The zero-order valence-corrected chi connectivity index (χ0v) is 14.6. The van der Waals surface area contributed by atoms with Crippen LogP contribution in [0.4, 0.5) is 17.6 Å². The van der Waals surface area contributed by atoms with Gasteiger partial charge in [-0.3, -0.25) is 0 Å². The molecule has 1 aliphatic rings. The van der Waals surface area contributed by atoms with Crippen molar-refractivity contribution in [2.75, 3.05) is 0 Å². The Balaban J connectivity index is 1.73. The Morgan fingerprint density at radius 1 is 1.12 bits per heavy atom. The minimum absolute atomic E-state index is 0.0213. The summed E-state index contributed by atoms with van der Waals surface area (Å²) in [6.45, 7) is -2.76. The van der Waals surface area contributed by atoms with E-state index in [-0.39, 0.29) is 18.8 Å². The first-order valence-corrected chi connectivity index (χ1v) is 8.43. The zero-order valence-electron chi connectivity index (χ0n) is 13.0. The van der Waals surface area contributed by atoms with Gasteiger partial charge in [-0.2, -0.15) is 8.78 Å². The number of hydrogen-bond donors (Lipinski definition) is 0. The average Bonchev–Trinajstić information content (AvgIpc) is 3.17. The second-order valence-electron chi connectivity index (χ2n) is 5.88. The first-order valence-electron chi connectivity index (χ1n) is 7.64. The maximum absolute atomic E-state index is 13.6. The lowest BCUT2D eigenvalue weighted by molar-refractivity contribution is -0.0499. The van der Waals surface area contributed by atoms with E-state index >= 15 is 0 Å². The Bertz CT molecular complexity index is 721. The van der Waals surface area contributed by atoms with Crippen molar-refractivity contribution in [1.29, 1.82) is 0 Å². The molecule has 0 amide bonds. The Morgan fingerprint density at radius 2 is 1.80 bits per heavy atom. The summed E-state index contributed by atoms with van der Waals surface area (Å²) in [4.78, 5) is 0. The quantitative estimate of drug-likeness (QED) is 0.516. The minimum atomic E-state index is -2.93. The summed E-state index contributed by atoms with van der Waals surface area (Å²) in [5.74, 6) is -3.70. The predicted molar refractivity (Wildman–Crippen MR) is 87.8 cm³/mol. The number of rotatable bonds is 7. The van der Waals surface area contributed by atoms with Crippen molar-refractivity contribution in [3.63, 3.8) is 0 Å². The van der Waals surface area contributed by atoms with Crippen molar-refractivity contribution in [2.45, 2.75) is 31.7 Å². The molecule has 0 aromatic heterocycles. The molecule has 0 radical (unpaired) electrons. The van der Waals surface area contributed by atoms with Gasteiger partial charge >= 0.3 is 6.61 Å². The molecule has 2 nitrogen and oxygen atoms in total. The van der Waals surface area contributed by atoms with Gasteiger partial charge in [0.05, 0.1) is 18.6 Å². The van der Waals surface area contributed by atoms with Gasteiger partial charge in [-0.25, -0.2) is 8.78 Å². The lowest BCUT2D eigenvalue weighted by atomic mass is 10.0. The van der Waals surface area contributed by atoms with Crippen molar-refractivity contribution >= 4 is 15.9 Å². The second-order valence-corrected chi connectivity index (χ2v) is 6.80. The van der Waals surface area contributed by atoms with E-state index in [4.69, 9.17) is 4.74 Å². The van der Waals surface area contributed by atoms with Gasteiger partial charge in [0.2, 0.25) is 0 Å². The number of hydrogen-bond acceptors (Lipinski definition) is 2. The summed E-state index contributed by atoms with van der Waals surface area (Å²) < 4.78 is 62.5. The monoisotopic (exact) mass is 418 g/mol. The number of alkyl halides is 4. The zero-order chi connectivity index (χ0) is 18.0. The summed E-state index contributed by atoms with van der Waals surface area (Å²) >= 11 is 3.35. The van der Waals surface area contributed by atoms with Crippen LogP contribution in [0, 0.1) is 5.92 Å². The third-order valence-corrected chi connectivity index (χ3v) is 4.49. The van der Waals surface area contributed by atoms with Gasteiger partial charge in [0.1, 0.15) is 5.75 Å². The average molecular weight is 419 g/mol. The fourth-order valence-electron chi connectivity index (χ4n) is 2.66. The molecular formula is C18H15BrF4O2. The van der Waals surface area contributed by atoms with E-state index in [0.717, 1.165) is 10.0 Å². The normalized spacial score (nSPS) is 19.7. The Labute approximate surface area is 150 Å². The van der Waals surface area contributed by atoms with Gasteiger partial charge in [0.15, 0.2) is 0 Å². The minimum Gasteiger partial charge on any atom is -0.435 e. The molecule has 2 aromatic carbocycles. The van der Waals surface area contributed by atoms with Gasteiger partial charge in [-0.15, -0.1) is 0 Å². The first-order chi connectivity index (χ1) is 11.8. The molecule has 0 spiro atoms. The number of ether oxygens (including phenoxy) is 2. The lowest BCUT2D eigenvalue weighted by Crippen LogP contribution is -2.11. The molecule has 0 saturated heterocycles. The predicted octanol–water partition coefficient (Wildman–Crippen LogP) is 5.96. The van der Waals surface area contributed by atoms with Crippen LogP contribution in [0.15, 0.2) is 53.0 Å². The summed E-state index contributed by atoms with van der Waals surface area (Å²) in [6, 6.07) is 13.0. The third kappa shape index (κ3) is 4.73. The van der Waals surface area contributed by atoms with Gasteiger partial charge in [-0.1, -0.05) is 40.2 Å². The van der Waals surface area contributed by atoms with Crippen LogP contribution in [0.2, 0.25) is 0 Å². The molecule has 25 heavy (non-hydrogen) atoms. The maximum Gasteiger partial charge on any atom is 0.387 e. The molecule has 1 saturated carbocycles. The second kappa shape index (κ2) is 7.33. The highest BCUT2D eigenvalue weighted by molar-refractivity contribution is 9.10. The smallest absolute Gasteiger partial charge is 0.387 e. The van der Waals surface area contributed by atoms with E-state index in [0.29, 0.717) is 5.56 Å². The van der Waals surface area contributed by atoms with E-state index in [1.54, 1.807) is 0 Å². The summed E-state index contributed by atoms with van der Waals surface area (Å²) in [6.07, 6.45) is -1.06. The number of halogens is 5. The highest BCUT2D eigenvalue weighted by Crippen LogP contribution is 2.56. The fourth-order valence-corrected chi connectivity index (χ4v) is 3.11. The summed E-state index contributed by atoms with van der Waals surface area (Å²) in [7, 11) is 0. The van der Waals surface area contributed by atoms with E-state index in [2.05, 4.69) is 20.7 Å². The van der Waals surface area contributed by atoms with Crippen LogP contribution < -0.4 is 4.74 Å². The molecule has 7 heteroatoms. The summed E-state index contributed by atoms with van der Waals surface area (Å²) in [5.41, 5.74) is 1.36. The highest BCUT2D eigenvalue weighted by Gasteiger charge is 2.61. The standard InChI is InChI=1S/C18H15BrF4O2/c19-13-3-1-2-11(8-13)10-24-16(15-9-18(15,22)23)12-4-6-14(7-5-12)25-17(20)21/h1-8,15-17H,9-10H2. The van der Waals surface area contributed by atoms with E-state index in [1.165, 1.54) is 24.3 Å². The van der Waals surface area contributed by atoms with Crippen molar-refractivity contribution < 1.29 is 27.0 Å². The maximum atomic E-state index is 13.6. The Kier molecular flexibility index (Phi) is 5.34. The number of benzene rings is 2. The van der Waals surface area contributed by atoms with Gasteiger partial charge in [-0.05, 0) is 35.4 Å². The van der Waals surface area contributed by atoms with Crippen LogP contribution in [0.5, 0.6) is 5.75 Å². The molecule has 134 valence electrons. The van der Waals surface area contributed by atoms with Crippen LogP contribution in [-0.4, -0.2) is 12.5 Å². The third-order valence-electron chi connectivity index (χ3n) is 3.99. The fraction of sp³-hybridized carbons (Fsp3) is 0.333. The summed E-state index contributed by atoms with van der Waals surface area (Å²) in [5, 5.41) is 0. The molecule has 0 heterocycles. The van der Waals surface area contributed by atoms with E-state index < -0.39 is 24.6 Å². The van der Waals surface area contributed by atoms with Crippen LogP contribution in [0.25, 0.3) is 0 Å². The van der Waals surface area contributed by atoms with Gasteiger partial charge in [0.25, 0.3) is 5.92 Å². The molecule has 0 aliphatic heterocycles. The SMILES string of the molecule is FC(F)Oc1ccc(C(OCc2cccc(Br)c2)C2CC2(F)F)cc1. The molecule has 0 bridgehead atoms. The molecule has 2 aromatic rings. The Morgan fingerprint density at radius 3 is 2.36 bits per heavy atom. The van der Waals surface area contributed by atoms with E-state index in [1.807, 2.05) is 24.3 Å². The van der Waals surface area contributed by atoms with Crippen LogP contribution >= 0.6 is 15.9 Å². The Hall–Kier alpha value is -1.60. The molecule has 2 unspecified atom stereocenters. The van der Waals surface area contributed by atoms with Crippen LogP contribution in [0.3, 0.4) is 0 Å². The lowest BCUT2D eigenvalue weighted by Gasteiger charge is -2.19. The van der Waals surface area contributed by atoms with E-state index in [9.17, 15) is 17.6 Å². The highest BCUT2D eigenvalue weighted by atomic mass is 79.9. The molecule has 0 N–H and O–H groups in total. The molecular weight excluding hydrogens is 404 g/mol. The van der Waals surface area contributed by atoms with Gasteiger partial charge in [0, 0.05) is 10.9 Å². The van der Waals surface area contributed by atoms with Crippen LogP contribution in [0.1, 0.15) is 23.7 Å².